The van der Waals surface area contributed by atoms with Gasteiger partial charge in [-0.2, -0.15) is 0 Å². The lowest BCUT2D eigenvalue weighted by atomic mass is 9.73. The molecule has 1 N–H and O–H groups in total. The van der Waals surface area contributed by atoms with Gasteiger partial charge in [0.1, 0.15) is 0 Å². The van der Waals surface area contributed by atoms with E-state index in [2.05, 4.69) is 9.05 Å². The van der Waals surface area contributed by atoms with E-state index < -0.39 is 17.2 Å². The van der Waals surface area contributed by atoms with E-state index >= 15 is 0 Å². The zero-order valence-electron chi connectivity index (χ0n) is 14.6. The van der Waals surface area contributed by atoms with Crippen molar-refractivity contribution in [1.82, 2.24) is 0 Å². The molecule has 0 spiro atoms. The van der Waals surface area contributed by atoms with Gasteiger partial charge in [-0.3, -0.25) is 4.57 Å². The highest BCUT2D eigenvalue weighted by atomic mass is 35.6. The Morgan fingerprint density at radius 3 is 1.42 bits per heavy atom. The summed E-state index contributed by atoms with van der Waals surface area (Å²) in [6.07, 6.45) is 15.4. The van der Waals surface area contributed by atoms with Crippen molar-refractivity contribution in [2.45, 2.75) is 73.8 Å². The van der Waals surface area contributed by atoms with Gasteiger partial charge >= 0.3 is 7.60 Å². The summed E-state index contributed by atoms with van der Waals surface area (Å²) in [5.41, 5.74) is 0. The zero-order chi connectivity index (χ0) is 18.2. The maximum Gasteiger partial charge on any atom is 0.362 e. The van der Waals surface area contributed by atoms with Crippen LogP contribution in [0, 0.1) is 11.8 Å². The van der Waals surface area contributed by atoms with Gasteiger partial charge in [0, 0.05) is 14.2 Å². The molecule has 1 unspecified atom stereocenters. The van der Waals surface area contributed by atoms with E-state index in [1.807, 2.05) is 0 Å². The summed E-state index contributed by atoms with van der Waals surface area (Å²) < 4.78 is 18.1. The molecular formula is C16H30Cl3O4P. The van der Waals surface area contributed by atoms with Crippen molar-refractivity contribution >= 4 is 42.4 Å². The third-order valence-corrected chi connectivity index (χ3v) is 8.15. The van der Waals surface area contributed by atoms with Crippen molar-refractivity contribution in [2.75, 3.05) is 14.2 Å². The van der Waals surface area contributed by atoms with Crippen LogP contribution in [0.2, 0.25) is 0 Å². The minimum atomic E-state index is -3.73. The van der Waals surface area contributed by atoms with Crippen LogP contribution in [-0.4, -0.2) is 29.0 Å². The number of alkyl halides is 3. The van der Waals surface area contributed by atoms with Gasteiger partial charge in [0.2, 0.25) is 9.64 Å². The third kappa shape index (κ3) is 7.31. The third-order valence-electron chi connectivity index (χ3n) is 5.07. The van der Waals surface area contributed by atoms with Crippen molar-refractivity contribution in [1.29, 1.82) is 0 Å². The molecule has 0 bridgehead atoms. The van der Waals surface area contributed by atoms with Crippen molar-refractivity contribution in [3.8, 4) is 0 Å². The second-order valence-corrected chi connectivity index (χ2v) is 11.3. The second-order valence-electron chi connectivity index (χ2n) is 6.62. The first kappa shape index (κ1) is 23.0. The molecule has 2 rings (SSSR count). The smallest absolute Gasteiger partial charge is 0.362 e. The second kappa shape index (κ2) is 11.0. The Hall–Kier alpha value is 0.980. The van der Waals surface area contributed by atoms with Crippen LogP contribution in [0.25, 0.3) is 0 Å². The van der Waals surface area contributed by atoms with Gasteiger partial charge in [0.05, 0.1) is 0 Å². The summed E-state index contributed by atoms with van der Waals surface area (Å²) in [6, 6.07) is 0. The summed E-state index contributed by atoms with van der Waals surface area (Å²) in [6.45, 7) is 0. The Morgan fingerprint density at radius 2 is 1.21 bits per heavy atom. The topological polar surface area (TPSA) is 55.8 Å². The number of aliphatic hydroxyl groups is 1. The van der Waals surface area contributed by atoms with Crippen LogP contribution in [0.3, 0.4) is 0 Å². The molecule has 1 atom stereocenters. The Kier molecular flexibility index (Phi) is 10.5. The lowest BCUT2D eigenvalue weighted by molar-refractivity contribution is 0.176. The van der Waals surface area contributed by atoms with E-state index in [0.29, 0.717) is 0 Å². The quantitative estimate of drug-likeness (QED) is 0.425. The lowest BCUT2D eigenvalue weighted by Crippen LogP contribution is -2.26. The number of rotatable bonds is 4. The van der Waals surface area contributed by atoms with E-state index in [-0.39, 0.29) is 0 Å². The van der Waals surface area contributed by atoms with E-state index in [0.717, 1.165) is 26.1 Å². The fraction of sp³-hybridized carbons (Fsp3) is 1.00. The van der Waals surface area contributed by atoms with E-state index in [9.17, 15) is 9.67 Å². The van der Waals surface area contributed by atoms with Crippen LogP contribution >= 0.6 is 42.4 Å². The Balaban J connectivity index is 0.000000240. The van der Waals surface area contributed by atoms with Crippen LogP contribution < -0.4 is 0 Å². The maximum atomic E-state index is 11.3. The van der Waals surface area contributed by atoms with E-state index in [1.165, 1.54) is 38.5 Å². The van der Waals surface area contributed by atoms with Gasteiger partial charge < -0.3 is 14.2 Å². The first-order valence-corrected chi connectivity index (χ1v) is 11.4. The first-order chi connectivity index (χ1) is 11.2. The molecule has 2 aliphatic rings. The lowest BCUT2D eigenvalue weighted by Gasteiger charge is -2.32. The van der Waals surface area contributed by atoms with Gasteiger partial charge in [-0.25, -0.2) is 0 Å². The fourth-order valence-electron chi connectivity index (χ4n) is 3.66. The van der Waals surface area contributed by atoms with Crippen LogP contribution in [-0.2, 0) is 13.6 Å². The molecule has 4 nitrogen and oxygen atoms in total. The van der Waals surface area contributed by atoms with E-state index in [4.69, 9.17) is 34.8 Å². The molecule has 0 radical (unpaired) electrons. The average Bonchev–Trinajstić information content (AvgIpc) is 2.61. The summed E-state index contributed by atoms with van der Waals surface area (Å²) in [5.74, 6) is 0.475. The normalized spacial score (nSPS) is 22.6. The SMILES string of the molecule is C1CCC(C2CCCCC2)CC1.COP(=O)(OC)C(O)C(Cl)(Cl)Cl. The molecule has 0 aliphatic heterocycles. The van der Waals surface area contributed by atoms with Crippen LogP contribution in [0.4, 0.5) is 0 Å². The van der Waals surface area contributed by atoms with Crippen LogP contribution in [0.5, 0.6) is 0 Å². The molecular weight excluding hydrogens is 394 g/mol. The summed E-state index contributed by atoms with van der Waals surface area (Å²) in [7, 11) is -1.56. The summed E-state index contributed by atoms with van der Waals surface area (Å²) in [5, 5.41) is 9.20. The summed E-state index contributed by atoms with van der Waals surface area (Å²) in [4.78, 5) is 0. The van der Waals surface area contributed by atoms with Gasteiger partial charge in [-0.15, -0.1) is 0 Å². The fourth-order valence-corrected chi connectivity index (χ4v) is 5.65. The largest absolute Gasteiger partial charge is 0.377 e. The predicted molar refractivity (Wildman–Crippen MR) is 101 cm³/mol. The predicted octanol–water partition coefficient (Wildman–Crippen LogP) is 6.31. The van der Waals surface area contributed by atoms with Gasteiger partial charge in [-0.05, 0) is 11.8 Å². The molecule has 2 saturated carbocycles. The molecule has 2 aliphatic carbocycles. The van der Waals surface area contributed by atoms with Crippen molar-refractivity contribution < 1.29 is 18.7 Å². The Labute approximate surface area is 161 Å². The zero-order valence-corrected chi connectivity index (χ0v) is 17.7. The highest BCUT2D eigenvalue weighted by Crippen LogP contribution is 2.57. The minimum Gasteiger partial charge on any atom is -0.377 e. The van der Waals surface area contributed by atoms with Crippen LogP contribution in [0.1, 0.15) is 64.2 Å². The first-order valence-electron chi connectivity index (χ1n) is 8.70. The van der Waals surface area contributed by atoms with Crippen molar-refractivity contribution in [2.24, 2.45) is 11.8 Å². The van der Waals surface area contributed by atoms with E-state index in [1.54, 1.807) is 25.7 Å². The highest BCUT2D eigenvalue weighted by Gasteiger charge is 2.46. The molecule has 24 heavy (non-hydrogen) atoms. The van der Waals surface area contributed by atoms with Crippen LogP contribution in [0.15, 0.2) is 0 Å². The molecule has 0 saturated heterocycles. The number of hydrogen-bond donors (Lipinski definition) is 1. The van der Waals surface area contributed by atoms with Crippen molar-refractivity contribution in [3.05, 3.63) is 0 Å². The average molecular weight is 424 g/mol. The number of aliphatic hydroxyl groups excluding tert-OH is 1. The van der Waals surface area contributed by atoms with Gasteiger partial charge in [-0.1, -0.05) is 99.0 Å². The molecule has 2 fully saturated rings. The molecule has 0 heterocycles. The summed E-state index contributed by atoms with van der Waals surface area (Å²) >= 11 is 15.8. The molecule has 144 valence electrons. The molecule has 0 amide bonds. The monoisotopic (exact) mass is 422 g/mol. The Morgan fingerprint density at radius 1 is 0.875 bits per heavy atom. The molecule has 0 aromatic rings. The number of halogens is 3. The highest BCUT2D eigenvalue weighted by molar-refractivity contribution is 7.54. The number of hydrogen-bond acceptors (Lipinski definition) is 4. The molecule has 8 heteroatoms. The van der Waals surface area contributed by atoms with Gasteiger partial charge in [0.15, 0.2) is 0 Å². The Bertz CT molecular complexity index is 367. The minimum absolute atomic E-state index is 1.09. The standard InChI is InChI=1S/C12H22.C4H8Cl3O4P/c1-3-7-11(8-4-1)12-9-5-2-6-10-12;1-10-12(9,11-2)3(8)4(5,6)7/h11-12H,1-10H2;3,8H,1-2H3. The maximum absolute atomic E-state index is 11.3. The molecule has 0 aromatic carbocycles. The van der Waals surface area contributed by atoms with Gasteiger partial charge in [0.25, 0.3) is 0 Å². The molecule has 0 aromatic heterocycles. The van der Waals surface area contributed by atoms with Crippen molar-refractivity contribution in [3.63, 3.8) is 0 Å².